The maximum Gasteiger partial charge on any atom is 0.197 e. The maximum atomic E-state index is 12.2. The number of anilines is 1. The van der Waals surface area contributed by atoms with Crippen molar-refractivity contribution in [1.29, 1.82) is 0 Å². The van der Waals surface area contributed by atoms with Crippen molar-refractivity contribution in [3.05, 3.63) is 15.8 Å². The summed E-state index contributed by atoms with van der Waals surface area (Å²) in [5.41, 5.74) is 0.506. The van der Waals surface area contributed by atoms with Gasteiger partial charge in [0.25, 0.3) is 0 Å². The molecular weight excluding hydrogens is 481 g/mol. The first-order chi connectivity index (χ1) is 16.2. The lowest BCUT2D eigenvalue weighted by molar-refractivity contribution is -0.0397. The average molecular weight is 526 g/mol. The van der Waals surface area contributed by atoms with Gasteiger partial charge < -0.3 is 24.7 Å². The molecule has 0 spiro atoms. The van der Waals surface area contributed by atoms with Gasteiger partial charge in [0.2, 0.25) is 0 Å². The average Bonchev–Trinajstić information content (AvgIpc) is 3.17. The monoisotopic (exact) mass is 525 g/mol. The summed E-state index contributed by atoms with van der Waals surface area (Å²) in [6, 6.07) is 1.95. The van der Waals surface area contributed by atoms with Gasteiger partial charge in [-0.2, -0.15) is 0 Å². The fourth-order valence-electron chi connectivity index (χ4n) is 5.25. The van der Waals surface area contributed by atoms with Crippen LogP contribution in [0.5, 0.6) is 0 Å². The Balaban J connectivity index is 1.93. The molecule has 8 heteroatoms. The SMILES string of the molecule is CC1CCC(C(O)N(c2cc(C#CC(C)(C)C)sc2C(O)O)C2CCC(OP(C)(C)=O)CC2)CC1. The molecule has 2 saturated carbocycles. The van der Waals surface area contributed by atoms with Gasteiger partial charge in [0.05, 0.1) is 21.5 Å². The molecule has 1 aromatic heterocycles. The zero-order chi connectivity index (χ0) is 26.0. The summed E-state index contributed by atoms with van der Waals surface area (Å²) < 4.78 is 18.0. The number of rotatable bonds is 7. The molecule has 2 fully saturated rings. The zero-order valence-electron chi connectivity index (χ0n) is 22.2. The van der Waals surface area contributed by atoms with E-state index in [9.17, 15) is 19.9 Å². The van der Waals surface area contributed by atoms with Crippen molar-refractivity contribution < 1.29 is 24.4 Å². The van der Waals surface area contributed by atoms with E-state index in [0.29, 0.717) is 16.5 Å². The first kappa shape index (κ1) is 28.7. The third kappa shape index (κ3) is 8.32. The quantitative estimate of drug-likeness (QED) is 0.232. The largest absolute Gasteiger partial charge is 0.373 e. The van der Waals surface area contributed by atoms with Gasteiger partial charge in [0, 0.05) is 30.7 Å². The third-order valence-corrected chi connectivity index (χ3v) is 8.91. The van der Waals surface area contributed by atoms with Crippen molar-refractivity contribution in [2.45, 2.75) is 104 Å². The van der Waals surface area contributed by atoms with Crippen molar-refractivity contribution in [3.8, 4) is 11.8 Å². The van der Waals surface area contributed by atoms with Crippen LogP contribution in [0, 0.1) is 29.1 Å². The highest BCUT2D eigenvalue weighted by atomic mass is 32.1. The number of hydrogen-bond donors (Lipinski definition) is 3. The summed E-state index contributed by atoms with van der Waals surface area (Å²) in [6.07, 6.45) is 4.83. The molecule has 3 N–H and O–H groups in total. The standard InChI is InChI=1S/C27H44NO5PS/c1-18-7-9-19(10-8-18)25(29)28(20-11-13-21(14-12-20)33-34(5,6)32)23-17-22(15-16-27(2,3)4)35-24(23)26(30)31/h17-21,25-26,29-31H,7-14H2,1-6H3. The van der Waals surface area contributed by atoms with Crippen LogP contribution in [0.1, 0.15) is 95.1 Å². The van der Waals surface area contributed by atoms with E-state index in [1.807, 2.05) is 31.7 Å². The predicted octanol–water partition coefficient (Wildman–Crippen LogP) is 5.95. The highest BCUT2D eigenvalue weighted by Crippen LogP contribution is 2.45. The highest BCUT2D eigenvalue weighted by Gasteiger charge is 2.38. The van der Waals surface area contributed by atoms with Crippen LogP contribution < -0.4 is 4.90 Å². The van der Waals surface area contributed by atoms with Crippen LogP contribution in [0.3, 0.4) is 0 Å². The van der Waals surface area contributed by atoms with E-state index in [-0.39, 0.29) is 23.5 Å². The Morgan fingerprint density at radius 2 is 1.66 bits per heavy atom. The lowest BCUT2D eigenvalue weighted by Gasteiger charge is -2.44. The van der Waals surface area contributed by atoms with E-state index in [1.165, 1.54) is 11.3 Å². The minimum absolute atomic E-state index is 0.0350. The number of aliphatic hydroxyl groups is 3. The molecule has 0 radical (unpaired) electrons. The van der Waals surface area contributed by atoms with E-state index < -0.39 is 19.9 Å². The van der Waals surface area contributed by atoms with Crippen LogP contribution in [0.2, 0.25) is 0 Å². The normalized spacial score (nSPS) is 26.8. The van der Waals surface area contributed by atoms with E-state index in [0.717, 1.165) is 56.2 Å². The molecule has 0 amide bonds. The molecule has 0 saturated heterocycles. The van der Waals surface area contributed by atoms with E-state index in [4.69, 9.17) is 4.52 Å². The fraction of sp³-hybridized carbons (Fsp3) is 0.778. The minimum Gasteiger partial charge on any atom is -0.373 e. The molecule has 2 aliphatic rings. The lowest BCUT2D eigenvalue weighted by atomic mass is 9.81. The number of aliphatic hydroxyl groups excluding tert-OH is 2. The predicted molar refractivity (Wildman–Crippen MR) is 144 cm³/mol. The molecule has 2 aliphatic carbocycles. The van der Waals surface area contributed by atoms with E-state index >= 15 is 0 Å². The molecule has 1 atom stereocenters. The summed E-state index contributed by atoms with van der Waals surface area (Å²) in [6.45, 7) is 11.7. The Labute approximate surface area is 215 Å². The van der Waals surface area contributed by atoms with Gasteiger partial charge in [-0.25, -0.2) is 0 Å². The van der Waals surface area contributed by atoms with Crippen molar-refractivity contribution in [3.63, 3.8) is 0 Å². The summed E-state index contributed by atoms with van der Waals surface area (Å²) in [5.74, 6) is 7.25. The van der Waals surface area contributed by atoms with E-state index in [2.05, 4.69) is 18.8 Å². The smallest absolute Gasteiger partial charge is 0.197 e. The van der Waals surface area contributed by atoms with Crippen LogP contribution in [0.4, 0.5) is 5.69 Å². The zero-order valence-corrected chi connectivity index (χ0v) is 23.9. The first-order valence-corrected chi connectivity index (χ1v) is 16.3. The van der Waals surface area contributed by atoms with Crippen LogP contribution in [0.25, 0.3) is 0 Å². The summed E-state index contributed by atoms with van der Waals surface area (Å²) in [7, 11) is -2.56. The molecule has 3 rings (SSSR count). The summed E-state index contributed by atoms with van der Waals surface area (Å²) in [5, 5.41) is 32.2. The van der Waals surface area contributed by atoms with Crippen molar-refractivity contribution in [1.82, 2.24) is 0 Å². The second-order valence-corrected chi connectivity index (χ2v) is 15.7. The fourth-order valence-corrected chi connectivity index (χ4v) is 7.06. The Morgan fingerprint density at radius 1 is 1.06 bits per heavy atom. The van der Waals surface area contributed by atoms with E-state index in [1.54, 1.807) is 13.3 Å². The Hall–Kier alpha value is -0.870. The number of hydrogen-bond acceptors (Lipinski definition) is 7. The molecule has 1 heterocycles. The second-order valence-electron chi connectivity index (χ2n) is 11.9. The molecule has 0 aromatic carbocycles. The Kier molecular flexibility index (Phi) is 9.57. The van der Waals surface area contributed by atoms with Gasteiger partial charge in [-0.1, -0.05) is 31.6 Å². The molecule has 1 aromatic rings. The van der Waals surface area contributed by atoms with Crippen LogP contribution in [-0.2, 0) is 9.09 Å². The number of nitrogens with zero attached hydrogens (tertiary/aromatic N) is 1. The topological polar surface area (TPSA) is 90.2 Å². The number of thiophene rings is 1. The summed E-state index contributed by atoms with van der Waals surface area (Å²) >= 11 is 1.29. The van der Waals surface area contributed by atoms with Crippen LogP contribution in [-0.4, -0.2) is 47.0 Å². The molecule has 0 aliphatic heterocycles. The Morgan fingerprint density at radius 3 is 2.17 bits per heavy atom. The van der Waals surface area contributed by atoms with Gasteiger partial charge >= 0.3 is 0 Å². The first-order valence-electron chi connectivity index (χ1n) is 13.0. The van der Waals surface area contributed by atoms with Crippen molar-refractivity contribution in [2.24, 2.45) is 17.3 Å². The lowest BCUT2D eigenvalue weighted by Crippen LogP contribution is -2.50. The third-order valence-electron chi connectivity index (χ3n) is 7.02. The van der Waals surface area contributed by atoms with Crippen molar-refractivity contribution in [2.75, 3.05) is 18.2 Å². The summed E-state index contributed by atoms with van der Waals surface area (Å²) in [4.78, 5) is 3.24. The van der Waals surface area contributed by atoms with Crippen LogP contribution >= 0.6 is 18.7 Å². The molecule has 35 heavy (non-hydrogen) atoms. The highest BCUT2D eigenvalue weighted by molar-refractivity contribution is 7.57. The maximum absolute atomic E-state index is 12.2. The van der Waals surface area contributed by atoms with Gasteiger partial charge in [-0.05, 0) is 71.3 Å². The second kappa shape index (κ2) is 11.7. The minimum atomic E-state index is -2.56. The molecule has 6 nitrogen and oxygen atoms in total. The molecule has 198 valence electrons. The molecule has 0 bridgehead atoms. The van der Waals surface area contributed by atoms with Gasteiger partial charge in [0.1, 0.15) is 6.23 Å². The molecule has 1 unspecified atom stereocenters. The van der Waals surface area contributed by atoms with Gasteiger partial charge in [-0.3, -0.25) is 4.57 Å². The van der Waals surface area contributed by atoms with Gasteiger partial charge in [0.15, 0.2) is 13.7 Å². The molecular formula is C27H44NO5PS. The van der Waals surface area contributed by atoms with Gasteiger partial charge in [-0.15, -0.1) is 11.3 Å². The van der Waals surface area contributed by atoms with Crippen molar-refractivity contribution >= 4 is 24.4 Å². The Bertz CT molecular complexity index is 937. The van der Waals surface area contributed by atoms with Crippen LogP contribution in [0.15, 0.2) is 6.07 Å².